The summed E-state index contributed by atoms with van der Waals surface area (Å²) in [4.78, 5) is 12.8. The summed E-state index contributed by atoms with van der Waals surface area (Å²) in [5, 5.41) is 3.19. The number of carbonyl (C=O) groups excluding carboxylic acids is 1. The largest absolute Gasteiger partial charge is 0.483 e. The van der Waals surface area contributed by atoms with Crippen molar-refractivity contribution in [1.82, 2.24) is 4.31 Å². The Hall–Kier alpha value is -3.07. The highest BCUT2D eigenvalue weighted by Crippen LogP contribution is 2.32. The quantitative estimate of drug-likeness (QED) is 0.396. The number of nitrogens with zero attached hydrogens (tertiary/aromatic N) is 1. The van der Waals surface area contributed by atoms with Crippen LogP contribution in [0.4, 0.5) is 5.69 Å². The van der Waals surface area contributed by atoms with Crippen molar-refractivity contribution >= 4 is 33.2 Å². The number of ether oxygens (including phenoxy) is 2. The molecular formula is C25H27ClN2O5S. The predicted octanol–water partition coefficient (Wildman–Crippen LogP) is 5.49. The van der Waals surface area contributed by atoms with Gasteiger partial charge in [-0.3, -0.25) is 4.79 Å². The normalized spacial score (nSPS) is 11.3. The number of hydrogen-bond acceptors (Lipinski definition) is 5. The third-order valence-corrected chi connectivity index (χ3v) is 7.32. The van der Waals surface area contributed by atoms with Crippen LogP contribution in [0.3, 0.4) is 0 Å². The van der Waals surface area contributed by atoms with Gasteiger partial charge in [0.05, 0.1) is 10.6 Å². The van der Waals surface area contributed by atoms with Gasteiger partial charge >= 0.3 is 0 Å². The van der Waals surface area contributed by atoms with Crippen molar-refractivity contribution in [3.8, 4) is 17.2 Å². The molecule has 3 aromatic rings. The lowest BCUT2D eigenvalue weighted by molar-refractivity contribution is -0.118. The summed E-state index contributed by atoms with van der Waals surface area (Å²) in [6.45, 7) is 5.81. The van der Waals surface area contributed by atoms with Gasteiger partial charge in [-0.2, -0.15) is 4.31 Å². The second-order valence-electron chi connectivity index (χ2n) is 7.41. The molecular weight excluding hydrogens is 476 g/mol. The average molecular weight is 503 g/mol. The van der Waals surface area contributed by atoms with E-state index in [1.165, 1.54) is 10.4 Å². The average Bonchev–Trinajstić information content (AvgIpc) is 2.81. The minimum absolute atomic E-state index is 0.187. The van der Waals surface area contributed by atoms with Crippen molar-refractivity contribution < 1.29 is 22.7 Å². The van der Waals surface area contributed by atoms with Crippen LogP contribution >= 0.6 is 11.6 Å². The third kappa shape index (κ3) is 6.28. The summed E-state index contributed by atoms with van der Waals surface area (Å²) < 4.78 is 38.3. The van der Waals surface area contributed by atoms with Gasteiger partial charge in [0.25, 0.3) is 5.91 Å². The second-order valence-corrected chi connectivity index (χ2v) is 9.78. The predicted molar refractivity (Wildman–Crippen MR) is 133 cm³/mol. The van der Waals surface area contributed by atoms with Crippen molar-refractivity contribution in [3.05, 3.63) is 77.3 Å². The Labute approximate surface area is 205 Å². The molecule has 7 nitrogen and oxygen atoms in total. The number of carbonyl (C=O) groups is 1. The number of para-hydroxylation sites is 1. The standard InChI is InChI=1S/C25H27ClN2O5S/c1-4-28(5-2)34(30,31)21-12-14-23(18(3)15-21)32-17-25(29)27-22-16-19(26)11-13-24(22)33-20-9-7-6-8-10-20/h6-16H,4-5,17H2,1-3H3,(H,27,29). The molecule has 0 atom stereocenters. The fraction of sp³-hybridized carbons (Fsp3) is 0.240. The Morgan fingerprint density at radius 2 is 1.65 bits per heavy atom. The van der Waals surface area contributed by atoms with Gasteiger partial charge in [-0.15, -0.1) is 0 Å². The van der Waals surface area contributed by atoms with Crippen LogP contribution in [0, 0.1) is 6.92 Å². The zero-order valence-electron chi connectivity index (χ0n) is 19.2. The molecule has 0 spiro atoms. The summed E-state index contributed by atoms with van der Waals surface area (Å²) in [6.07, 6.45) is 0. The number of halogens is 1. The third-order valence-electron chi connectivity index (χ3n) is 5.04. The molecule has 0 aromatic heterocycles. The van der Waals surface area contributed by atoms with Gasteiger partial charge in [-0.1, -0.05) is 43.6 Å². The number of aryl methyl sites for hydroxylation is 1. The molecule has 9 heteroatoms. The van der Waals surface area contributed by atoms with Crippen LogP contribution < -0.4 is 14.8 Å². The zero-order valence-corrected chi connectivity index (χ0v) is 20.8. The zero-order chi connectivity index (χ0) is 24.7. The first-order valence-corrected chi connectivity index (χ1v) is 12.6. The van der Waals surface area contributed by atoms with Crippen molar-refractivity contribution in [1.29, 1.82) is 0 Å². The number of benzene rings is 3. The number of hydrogen-bond donors (Lipinski definition) is 1. The van der Waals surface area contributed by atoms with Crippen LogP contribution in [-0.4, -0.2) is 38.3 Å². The molecule has 34 heavy (non-hydrogen) atoms. The van der Waals surface area contributed by atoms with E-state index < -0.39 is 15.9 Å². The van der Waals surface area contributed by atoms with Gasteiger partial charge in [-0.25, -0.2) is 8.42 Å². The molecule has 1 amide bonds. The van der Waals surface area contributed by atoms with Crippen LogP contribution in [0.1, 0.15) is 19.4 Å². The molecule has 0 aliphatic carbocycles. The minimum Gasteiger partial charge on any atom is -0.483 e. The summed E-state index contributed by atoms with van der Waals surface area (Å²) in [6, 6.07) is 18.7. The van der Waals surface area contributed by atoms with Crippen LogP contribution in [0.2, 0.25) is 5.02 Å². The van der Waals surface area contributed by atoms with Gasteiger partial charge in [0.2, 0.25) is 10.0 Å². The maximum atomic E-state index is 12.7. The molecule has 0 saturated carbocycles. The summed E-state index contributed by atoms with van der Waals surface area (Å²) in [5.41, 5.74) is 1.01. The Bertz CT molecular complexity index is 1250. The van der Waals surface area contributed by atoms with Crippen LogP contribution in [0.15, 0.2) is 71.6 Å². The number of amides is 1. The van der Waals surface area contributed by atoms with Crippen molar-refractivity contribution in [2.75, 3.05) is 25.0 Å². The summed E-state index contributed by atoms with van der Waals surface area (Å²) >= 11 is 6.10. The second kappa shape index (κ2) is 11.4. The van der Waals surface area contributed by atoms with E-state index in [1.807, 2.05) is 18.2 Å². The first-order valence-electron chi connectivity index (χ1n) is 10.8. The lowest BCUT2D eigenvalue weighted by Crippen LogP contribution is -2.30. The molecule has 0 unspecified atom stereocenters. The molecule has 0 saturated heterocycles. The van der Waals surface area contributed by atoms with Gasteiger partial charge < -0.3 is 14.8 Å². The molecule has 1 N–H and O–H groups in total. The Kier molecular flexibility index (Phi) is 8.55. The van der Waals surface area contributed by atoms with E-state index in [0.29, 0.717) is 46.6 Å². The van der Waals surface area contributed by atoms with Crippen LogP contribution in [0.25, 0.3) is 0 Å². The molecule has 180 valence electrons. The molecule has 0 heterocycles. The molecule has 3 aromatic carbocycles. The van der Waals surface area contributed by atoms with E-state index in [4.69, 9.17) is 21.1 Å². The van der Waals surface area contributed by atoms with E-state index in [9.17, 15) is 13.2 Å². The topological polar surface area (TPSA) is 84.9 Å². The summed E-state index contributed by atoms with van der Waals surface area (Å²) in [7, 11) is -3.58. The molecule has 0 aliphatic rings. The minimum atomic E-state index is -3.58. The van der Waals surface area contributed by atoms with E-state index in [1.54, 1.807) is 63.2 Å². The SMILES string of the molecule is CCN(CC)S(=O)(=O)c1ccc(OCC(=O)Nc2cc(Cl)ccc2Oc2ccccc2)c(C)c1. The Morgan fingerprint density at radius 3 is 2.29 bits per heavy atom. The molecule has 0 aliphatic heterocycles. The van der Waals surface area contributed by atoms with Crippen molar-refractivity contribution in [2.24, 2.45) is 0 Å². The highest BCUT2D eigenvalue weighted by molar-refractivity contribution is 7.89. The molecule has 0 bridgehead atoms. The maximum Gasteiger partial charge on any atom is 0.262 e. The Balaban J connectivity index is 1.68. The van der Waals surface area contributed by atoms with Gasteiger partial charge in [0, 0.05) is 18.1 Å². The van der Waals surface area contributed by atoms with E-state index in [2.05, 4.69) is 5.32 Å². The van der Waals surface area contributed by atoms with E-state index >= 15 is 0 Å². The molecule has 3 rings (SSSR count). The first kappa shape index (κ1) is 25.6. The lowest BCUT2D eigenvalue weighted by atomic mass is 10.2. The van der Waals surface area contributed by atoms with Crippen LogP contribution in [-0.2, 0) is 14.8 Å². The highest BCUT2D eigenvalue weighted by atomic mass is 35.5. The maximum absolute atomic E-state index is 12.7. The number of rotatable bonds is 10. The summed E-state index contributed by atoms with van der Waals surface area (Å²) in [5.74, 6) is 1.05. The van der Waals surface area contributed by atoms with E-state index in [0.717, 1.165) is 0 Å². The lowest BCUT2D eigenvalue weighted by Gasteiger charge is -2.19. The van der Waals surface area contributed by atoms with Gasteiger partial charge in [0.15, 0.2) is 12.4 Å². The number of anilines is 1. The van der Waals surface area contributed by atoms with Gasteiger partial charge in [0.1, 0.15) is 11.5 Å². The van der Waals surface area contributed by atoms with E-state index in [-0.39, 0.29) is 11.5 Å². The van der Waals surface area contributed by atoms with Crippen molar-refractivity contribution in [3.63, 3.8) is 0 Å². The van der Waals surface area contributed by atoms with Crippen molar-refractivity contribution in [2.45, 2.75) is 25.7 Å². The molecule has 0 radical (unpaired) electrons. The fourth-order valence-electron chi connectivity index (χ4n) is 3.29. The number of nitrogens with one attached hydrogen (secondary N) is 1. The Morgan fingerprint density at radius 1 is 0.971 bits per heavy atom. The smallest absolute Gasteiger partial charge is 0.262 e. The molecule has 0 fully saturated rings. The highest BCUT2D eigenvalue weighted by Gasteiger charge is 2.22. The monoisotopic (exact) mass is 502 g/mol. The van der Waals surface area contributed by atoms with Crippen LogP contribution in [0.5, 0.6) is 17.2 Å². The fourth-order valence-corrected chi connectivity index (χ4v) is 5.01. The first-order chi connectivity index (χ1) is 16.2. The number of sulfonamides is 1. The van der Waals surface area contributed by atoms with Gasteiger partial charge in [-0.05, 0) is 61.0 Å².